The van der Waals surface area contributed by atoms with Gasteiger partial charge in [-0.2, -0.15) is 0 Å². The van der Waals surface area contributed by atoms with E-state index in [1.54, 1.807) is 0 Å². The van der Waals surface area contributed by atoms with Crippen LogP contribution in [0, 0.1) is 0 Å². The molecule has 2 heteroatoms. The molecule has 0 aromatic heterocycles. The van der Waals surface area contributed by atoms with E-state index < -0.39 is 0 Å². The van der Waals surface area contributed by atoms with Gasteiger partial charge in [-0.1, -0.05) is 12.1 Å². The lowest BCUT2D eigenvalue weighted by atomic mass is 9.98. The molecule has 1 fully saturated rings. The van der Waals surface area contributed by atoms with Gasteiger partial charge < -0.3 is 10.2 Å². The third kappa shape index (κ3) is 1.90. The number of rotatable bonds is 2. The molecule has 0 amide bonds. The largest absolute Gasteiger partial charge is 0.378 e. The summed E-state index contributed by atoms with van der Waals surface area (Å²) in [5.41, 5.74) is 2.75. The summed E-state index contributed by atoms with van der Waals surface area (Å²) < 4.78 is 0. The zero-order chi connectivity index (χ0) is 9.97. The van der Waals surface area contributed by atoms with Gasteiger partial charge in [0.2, 0.25) is 0 Å². The third-order valence-corrected chi connectivity index (χ3v) is 2.94. The van der Waals surface area contributed by atoms with E-state index in [4.69, 9.17) is 0 Å². The van der Waals surface area contributed by atoms with E-state index in [1.165, 1.54) is 24.2 Å². The molecule has 1 unspecified atom stereocenters. The van der Waals surface area contributed by atoms with Crippen LogP contribution in [0.25, 0.3) is 0 Å². The second kappa shape index (κ2) is 4.01. The SMILES string of the molecule is CN(C)c1ccc(C2CCNC2)cc1. The topological polar surface area (TPSA) is 15.3 Å². The first-order chi connectivity index (χ1) is 6.77. The van der Waals surface area contributed by atoms with Gasteiger partial charge in [0.05, 0.1) is 0 Å². The van der Waals surface area contributed by atoms with Gasteiger partial charge >= 0.3 is 0 Å². The van der Waals surface area contributed by atoms with Crippen LogP contribution in [0.5, 0.6) is 0 Å². The predicted molar refractivity (Wildman–Crippen MR) is 61.0 cm³/mol. The first-order valence-electron chi connectivity index (χ1n) is 5.25. The van der Waals surface area contributed by atoms with Gasteiger partial charge in [-0.05, 0) is 36.6 Å². The highest BCUT2D eigenvalue weighted by atomic mass is 15.1. The van der Waals surface area contributed by atoms with Crippen molar-refractivity contribution >= 4 is 5.69 Å². The summed E-state index contributed by atoms with van der Waals surface area (Å²) >= 11 is 0. The molecule has 2 nitrogen and oxygen atoms in total. The van der Waals surface area contributed by atoms with E-state index in [2.05, 4.69) is 48.6 Å². The van der Waals surface area contributed by atoms with Crippen molar-refractivity contribution < 1.29 is 0 Å². The molecule has 76 valence electrons. The van der Waals surface area contributed by atoms with E-state index in [-0.39, 0.29) is 0 Å². The van der Waals surface area contributed by atoms with Crippen LogP contribution in [0.15, 0.2) is 24.3 Å². The van der Waals surface area contributed by atoms with Gasteiger partial charge in [-0.25, -0.2) is 0 Å². The van der Waals surface area contributed by atoms with Crippen LogP contribution in [0.2, 0.25) is 0 Å². The number of hydrogen-bond donors (Lipinski definition) is 1. The van der Waals surface area contributed by atoms with Crippen LogP contribution in [0.3, 0.4) is 0 Å². The highest BCUT2D eigenvalue weighted by Gasteiger charge is 2.15. The quantitative estimate of drug-likeness (QED) is 0.765. The van der Waals surface area contributed by atoms with Crippen LogP contribution in [0.1, 0.15) is 17.9 Å². The van der Waals surface area contributed by atoms with Crippen LogP contribution < -0.4 is 10.2 Å². The smallest absolute Gasteiger partial charge is 0.0361 e. The summed E-state index contributed by atoms with van der Waals surface area (Å²) in [4.78, 5) is 2.14. The van der Waals surface area contributed by atoms with E-state index in [0.717, 1.165) is 12.5 Å². The summed E-state index contributed by atoms with van der Waals surface area (Å²) in [7, 11) is 4.15. The van der Waals surface area contributed by atoms with Gasteiger partial charge in [0.15, 0.2) is 0 Å². The normalized spacial score (nSPS) is 21.1. The average molecular weight is 190 g/mol. The standard InChI is InChI=1S/C12H18N2/c1-14(2)12-5-3-10(4-6-12)11-7-8-13-9-11/h3-6,11,13H,7-9H2,1-2H3. The Bertz CT molecular complexity index is 284. The molecule has 0 aliphatic carbocycles. The van der Waals surface area contributed by atoms with Crippen molar-refractivity contribution in [2.45, 2.75) is 12.3 Å². The first kappa shape index (κ1) is 9.53. The van der Waals surface area contributed by atoms with Crippen molar-refractivity contribution in [3.05, 3.63) is 29.8 Å². The second-order valence-electron chi connectivity index (χ2n) is 4.18. The molecule has 1 aromatic rings. The Balaban J connectivity index is 2.12. The van der Waals surface area contributed by atoms with Crippen LogP contribution in [0.4, 0.5) is 5.69 Å². The summed E-state index contributed by atoms with van der Waals surface area (Å²) in [5, 5.41) is 3.40. The Morgan fingerprint density at radius 1 is 1.21 bits per heavy atom. The number of nitrogens with zero attached hydrogens (tertiary/aromatic N) is 1. The lowest BCUT2D eigenvalue weighted by molar-refractivity contribution is 0.763. The number of benzene rings is 1. The molecule has 1 N–H and O–H groups in total. The minimum Gasteiger partial charge on any atom is -0.378 e. The average Bonchev–Trinajstić information content (AvgIpc) is 2.71. The molecule has 1 aliphatic heterocycles. The van der Waals surface area contributed by atoms with Gasteiger partial charge in [-0.3, -0.25) is 0 Å². The Morgan fingerprint density at radius 2 is 1.93 bits per heavy atom. The maximum atomic E-state index is 3.40. The Kier molecular flexibility index (Phi) is 2.73. The zero-order valence-corrected chi connectivity index (χ0v) is 8.96. The van der Waals surface area contributed by atoms with E-state index in [9.17, 15) is 0 Å². The van der Waals surface area contributed by atoms with Crippen molar-refractivity contribution in [2.24, 2.45) is 0 Å². The van der Waals surface area contributed by atoms with E-state index in [1.807, 2.05) is 0 Å². The van der Waals surface area contributed by atoms with Crippen LogP contribution in [-0.4, -0.2) is 27.2 Å². The Hall–Kier alpha value is -1.02. The Morgan fingerprint density at radius 3 is 2.43 bits per heavy atom. The molecule has 1 aromatic carbocycles. The Labute approximate surface area is 85.9 Å². The maximum Gasteiger partial charge on any atom is 0.0361 e. The van der Waals surface area contributed by atoms with Crippen molar-refractivity contribution in [1.29, 1.82) is 0 Å². The lowest BCUT2D eigenvalue weighted by Crippen LogP contribution is -2.09. The number of hydrogen-bond acceptors (Lipinski definition) is 2. The summed E-state index contributed by atoms with van der Waals surface area (Å²) in [5.74, 6) is 0.728. The first-order valence-corrected chi connectivity index (χ1v) is 5.25. The van der Waals surface area contributed by atoms with Crippen molar-refractivity contribution in [3.63, 3.8) is 0 Å². The molecular weight excluding hydrogens is 172 g/mol. The van der Waals surface area contributed by atoms with Crippen molar-refractivity contribution in [3.8, 4) is 0 Å². The van der Waals surface area contributed by atoms with E-state index >= 15 is 0 Å². The summed E-state index contributed by atoms with van der Waals surface area (Å²) in [6, 6.07) is 8.92. The molecule has 0 bridgehead atoms. The van der Waals surface area contributed by atoms with Crippen molar-refractivity contribution in [2.75, 3.05) is 32.1 Å². The molecule has 1 saturated heterocycles. The number of nitrogens with one attached hydrogen (secondary N) is 1. The minimum absolute atomic E-state index is 0.728. The van der Waals surface area contributed by atoms with Gasteiger partial charge in [-0.15, -0.1) is 0 Å². The molecule has 1 heterocycles. The predicted octanol–water partition coefficient (Wildman–Crippen LogP) is 1.83. The van der Waals surface area contributed by atoms with Crippen LogP contribution >= 0.6 is 0 Å². The van der Waals surface area contributed by atoms with Gasteiger partial charge in [0, 0.05) is 26.3 Å². The molecule has 0 saturated carbocycles. The molecule has 1 aliphatic rings. The second-order valence-corrected chi connectivity index (χ2v) is 4.18. The molecule has 2 rings (SSSR count). The fourth-order valence-corrected chi connectivity index (χ4v) is 1.98. The monoisotopic (exact) mass is 190 g/mol. The fraction of sp³-hybridized carbons (Fsp3) is 0.500. The maximum absolute atomic E-state index is 3.40. The highest BCUT2D eigenvalue weighted by Crippen LogP contribution is 2.24. The minimum atomic E-state index is 0.728. The fourth-order valence-electron chi connectivity index (χ4n) is 1.98. The summed E-state index contributed by atoms with van der Waals surface area (Å²) in [6.45, 7) is 2.31. The van der Waals surface area contributed by atoms with E-state index in [0.29, 0.717) is 0 Å². The summed E-state index contributed by atoms with van der Waals surface area (Å²) in [6.07, 6.45) is 1.28. The third-order valence-electron chi connectivity index (χ3n) is 2.94. The number of anilines is 1. The van der Waals surface area contributed by atoms with Gasteiger partial charge in [0.1, 0.15) is 0 Å². The van der Waals surface area contributed by atoms with Crippen molar-refractivity contribution in [1.82, 2.24) is 5.32 Å². The van der Waals surface area contributed by atoms with Crippen LogP contribution in [-0.2, 0) is 0 Å². The highest BCUT2D eigenvalue weighted by molar-refractivity contribution is 5.46. The molecule has 14 heavy (non-hydrogen) atoms. The zero-order valence-electron chi connectivity index (χ0n) is 8.96. The molecule has 1 atom stereocenters. The lowest BCUT2D eigenvalue weighted by Gasteiger charge is -2.14. The molecular formula is C12H18N2. The van der Waals surface area contributed by atoms with Gasteiger partial charge in [0.25, 0.3) is 0 Å². The molecule has 0 spiro atoms. The molecule has 0 radical (unpaired) electrons.